The van der Waals surface area contributed by atoms with Crippen molar-refractivity contribution in [2.45, 2.75) is 26.7 Å². The van der Waals surface area contributed by atoms with Gasteiger partial charge < -0.3 is 10.5 Å². The fraction of sp³-hybridized carbons (Fsp3) is 0.462. The third-order valence-corrected chi connectivity index (χ3v) is 3.34. The SMILES string of the molecule is CC(C)(CCCOc1cccc(F)c1F)C(N)=S. The van der Waals surface area contributed by atoms with Gasteiger partial charge in [-0.2, -0.15) is 4.39 Å². The van der Waals surface area contributed by atoms with Gasteiger partial charge in [-0.15, -0.1) is 0 Å². The van der Waals surface area contributed by atoms with Crippen LogP contribution in [0.15, 0.2) is 18.2 Å². The molecule has 1 aromatic rings. The molecule has 0 saturated carbocycles. The first-order chi connectivity index (χ1) is 8.34. The van der Waals surface area contributed by atoms with E-state index in [0.29, 0.717) is 18.0 Å². The molecule has 1 aromatic carbocycles. The fourth-order valence-corrected chi connectivity index (χ4v) is 1.52. The third kappa shape index (κ3) is 3.91. The highest BCUT2D eigenvalue weighted by Gasteiger charge is 2.20. The summed E-state index contributed by atoms with van der Waals surface area (Å²) in [6.45, 7) is 4.18. The predicted octanol–water partition coefficient (Wildman–Crippen LogP) is 3.44. The maximum Gasteiger partial charge on any atom is 0.200 e. The summed E-state index contributed by atoms with van der Waals surface area (Å²) >= 11 is 4.94. The Kier molecular flexibility index (Phi) is 5.02. The number of halogens is 2. The Labute approximate surface area is 111 Å². The van der Waals surface area contributed by atoms with Crippen LogP contribution in [0, 0.1) is 17.0 Å². The molecule has 0 heterocycles. The predicted molar refractivity (Wildman–Crippen MR) is 71.7 cm³/mol. The van der Waals surface area contributed by atoms with Crippen LogP contribution in [0.2, 0.25) is 0 Å². The number of nitrogens with two attached hydrogens (primary N) is 1. The van der Waals surface area contributed by atoms with Gasteiger partial charge in [0.25, 0.3) is 0 Å². The first-order valence-corrected chi connectivity index (χ1v) is 6.12. The smallest absolute Gasteiger partial charge is 0.200 e. The number of hydrogen-bond acceptors (Lipinski definition) is 2. The van der Waals surface area contributed by atoms with E-state index in [2.05, 4.69) is 0 Å². The van der Waals surface area contributed by atoms with Crippen LogP contribution < -0.4 is 10.5 Å². The second-order valence-electron chi connectivity index (χ2n) is 4.75. The van der Waals surface area contributed by atoms with Crippen LogP contribution in [0.5, 0.6) is 5.75 Å². The van der Waals surface area contributed by atoms with Crippen LogP contribution in [0.3, 0.4) is 0 Å². The summed E-state index contributed by atoms with van der Waals surface area (Å²) in [4.78, 5) is 0.444. The van der Waals surface area contributed by atoms with Crippen LogP contribution >= 0.6 is 12.2 Å². The van der Waals surface area contributed by atoms with Gasteiger partial charge in [-0.1, -0.05) is 32.1 Å². The molecule has 0 amide bonds. The van der Waals surface area contributed by atoms with Crippen LogP contribution in [-0.4, -0.2) is 11.6 Å². The van der Waals surface area contributed by atoms with E-state index in [4.69, 9.17) is 22.7 Å². The zero-order valence-electron chi connectivity index (χ0n) is 10.5. The van der Waals surface area contributed by atoms with Gasteiger partial charge in [0.05, 0.1) is 11.6 Å². The van der Waals surface area contributed by atoms with E-state index < -0.39 is 11.6 Å². The number of rotatable bonds is 6. The average molecular weight is 273 g/mol. The van der Waals surface area contributed by atoms with Gasteiger partial charge in [0.2, 0.25) is 5.82 Å². The maximum atomic E-state index is 13.3. The Morgan fingerprint density at radius 2 is 2.06 bits per heavy atom. The van der Waals surface area contributed by atoms with Crippen molar-refractivity contribution in [1.82, 2.24) is 0 Å². The summed E-state index contributed by atoms with van der Waals surface area (Å²) < 4.78 is 31.3. The minimum Gasteiger partial charge on any atom is -0.490 e. The molecule has 0 radical (unpaired) electrons. The molecule has 5 heteroatoms. The minimum absolute atomic E-state index is 0.0665. The zero-order valence-corrected chi connectivity index (χ0v) is 11.3. The molecule has 2 N–H and O–H groups in total. The Morgan fingerprint density at radius 1 is 1.39 bits per heavy atom. The average Bonchev–Trinajstić information content (AvgIpc) is 2.29. The molecule has 0 aliphatic rings. The number of benzene rings is 1. The second kappa shape index (κ2) is 6.09. The highest BCUT2D eigenvalue weighted by atomic mass is 32.1. The molecular formula is C13H17F2NOS. The summed E-state index contributed by atoms with van der Waals surface area (Å²) in [6, 6.07) is 3.86. The molecule has 0 aliphatic carbocycles. The van der Waals surface area contributed by atoms with Crippen molar-refractivity contribution in [1.29, 1.82) is 0 Å². The van der Waals surface area contributed by atoms with E-state index >= 15 is 0 Å². The molecule has 0 fully saturated rings. The molecule has 0 saturated heterocycles. The monoisotopic (exact) mass is 273 g/mol. The highest BCUT2D eigenvalue weighted by molar-refractivity contribution is 7.80. The van der Waals surface area contributed by atoms with Gasteiger partial charge in [0.1, 0.15) is 0 Å². The molecule has 0 bridgehead atoms. The summed E-state index contributed by atoms with van der Waals surface area (Å²) in [7, 11) is 0. The van der Waals surface area contributed by atoms with Crippen LogP contribution in [-0.2, 0) is 0 Å². The van der Waals surface area contributed by atoms with Gasteiger partial charge in [0, 0.05) is 5.41 Å². The Hall–Kier alpha value is -1.23. The molecule has 0 unspecified atom stereocenters. The molecule has 0 aromatic heterocycles. The van der Waals surface area contributed by atoms with Crippen molar-refractivity contribution in [3.05, 3.63) is 29.8 Å². The van der Waals surface area contributed by atoms with Crippen molar-refractivity contribution < 1.29 is 13.5 Å². The lowest BCUT2D eigenvalue weighted by atomic mass is 9.88. The lowest BCUT2D eigenvalue weighted by molar-refractivity contribution is 0.272. The molecule has 1 rings (SSSR count). The molecule has 2 nitrogen and oxygen atoms in total. The summed E-state index contributed by atoms with van der Waals surface area (Å²) in [5.74, 6) is -1.93. The van der Waals surface area contributed by atoms with Crippen LogP contribution in [0.25, 0.3) is 0 Å². The van der Waals surface area contributed by atoms with Crippen molar-refractivity contribution in [3.8, 4) is 5.75 Å². The lowest BCUT2D eigenvalue weighted by Gasteiger charge is -2.22. The normalized spacial score (nSPS) is 11.3. The van der Waals surface area contributed by atoms with Gasteiger partial charge in [-0.3, -0.25) is 0 Å². The standard InChI is InChI=1S/C13H17F2NOS/c1-13(2,12(16)18)7-4-8-17-10-6-3-5-9(14)11(10)15/h3,5-6H,4,7-8H2,1-2H3,(H2,16,18). The maximum absolute atomic E-state index is 13.3. The minimum atomic E-state index is -0.953. The highest BCUT2D eigenvalue weighted by Crippen LogP contribution is 2.24. The molecule has 0 spiro atoms. The van der Waals surface area contributed by atoms with Gasteiger partial charge in [0.15, 0.2) is 11.6 Å². The second-order valence-corrected chi connectivity index (χ2v) is 5.19. The van der Waals surface area contributed by atoms with E-state index in [1.54, 1.807) is 0 Å². The lowest BCUT2D eigenvalue weighted by Crippen LogP contribution is -2.30. The quantitative estimate of drug-likeness (QED) is 0.637. The van der Waals surface area contributed by atoms with E-state index in [-0.39, 0.29) is 11.2 Å². The first-order valence-electron chi connectivity index (χ1n) is 5.71. The fourth-order valence-electron chi connectivity index (χ4n) is 1.41. The molecule has 0 atom stereocenters. The van der Waals surface area contributed by atoms with Crippen molar-refractivity contribution in [3.63, 3.8) is 0 Å². The van der Waals surface area contributed by atoms with Crippen LogP contribution in [0.1, 0.15) is 26.7 Å². The molecule has 0 aliphatic heterocycles. The Bertz CT molecular complexity index is 435. The first kappa shape index (κ1) is 14.8. The largest absolute Gasteiger partial charge is 0.490 e. The van der Waals surface area contributed by atoms with Gasteiger partial charge in [-0.05, 0) is 25.0 Å². The Morgan fingerprint density at radius 3 is 2.67 bits per heavy atom. The molecular weight excluding hydrogens is 256 g/mol. The topological polar surface area (TPSA) is 35.2 Å². The molecule has 18 heavy (non-hydrogen) atoms. The van der Waals surface area contributed by atoms with Crippen molar-refractivity contribution in [2.24, 2.45) is 11.1 Å². The molecule has 100 valence electrons. The summed E-state index contributed by atoms with van der Waals surface area (Å²) in [6.07, 6.45) is 1.40. The van der Waals surface area contributed by atoms with Gasteiger partial charge >= 0.3 is 0 Å². The van der Waals surface area contributed by atoms with Crippen molar-refractivity contribution >= 4 is 17.2 Å². The Balaban J connectivity index is 2.43. The van der Waals surface area contributed by atoms with Crippen molar-refractivity contribution in [2.75, 3.05) is 6.61 Å². The van der Waals surface area contributed by atoms with E-state index in [1.807, 2.05) is 13.8 Å². The van der Waals surface area contributed by atoms with Crippen LogP contribution in [0.4, 0.5) is 8.78 Å². The summed E-state index contributed by atoms with van der Waals surface area (Å²) in [5.41, 5.74) is 5.34. The number of hydrogen-bond donors (Lipinski definition) is 1. The van der Waals surface area contributed by atoms with E-state index in [9.17, 15) is 8.78 Å². The van der Waals surface area contributed by atoms with E-state index in [1.165, 1.54) is 12.1 Å². The number of thiocarbonyl (C=S) groups is 1. The summed E-state index contributed by atoms with van der Waals surface area (Å²) in [5, 5.41) is 0. The van der Waals surface area contributed by atoms with E-state index in [0.717, 1.165) is 12.5 Å². The number of ether oxygens (including phenoxy) is 1. The zero-order chi connectivity index (χ0) is 13.8. The van der Waals surface area contributed by atoms with Gasteiger partial charge in [-0.25, -0.2) is 4.39 Å². The third-order valence-electron chi connectivity index (χ3n) is 2.79.